The van der Waals surface area contributed by atoms with Crippen LogP contribution in [0.25, 0.3) is 0 Å². The Bertz CT molecular complexity index is 45.8. The standard InChI is InChI=1S/C6H15BN/c1-4-5-6-7-8(2)3/h4,7H,5-6H2,1-3H3. The van der Waals surface area contributed by atoms with Crippen LogP contribution in [0.5, 0.6) is 0 Å². The molecule has 0 aromatic heterocycles. The van der Waals surface area contributed by atoms with Crippen LogP contribution in [0.1, 0.15) is 13.3 Å². The van der Waals surface area contributed by atoms with Gasteiger partial charge in [-0.2, -0.15) is 0 Å². The molecule has 0 spiro atoms. The van der Waals surface area contributed by atoms with Crippen molar-refractivity contribution >= 4 is 7.41 Å². The molecule has 0 bridgehead atoms. The summed E-state index contributed by atoms with van der Waals surface area (Å²) >= 11 is 0. The topological polar surface area (TPSA) is 3.24 Å². The van der Waals surface area contributed by atoms with E-state index < -0.39 is 0 Å². The largest absolute Gasteiger partial charge is 0.350 e. The van der Waals surface area contributed by atoms with Gasteiger partial charge in [0.05, 0.1) is 0 Å². The van der Waals surface area contributed by atoms with Gasteiger partial charge in [0.25, 0.3) is 0 Å². The van der Waals surface area contributed by atoms with Crippen LogP contribution in [0, 0.1) is 6.42 Å². The van der Waals surface area contributed by atoms with Gasteiger partial charge in [-0.3, -0.25) is 0 Å². The van der Waals surface area contributed by atoms with Gasteiger partial charge in [-0.1, -0.05) is 19.7 Å². The van der Waals surface area contributed by atoms with Crippen LogP contribution in [0.2, 0.25) is 6.32 Å². The summed E-state index contributed by atoms with van der Waals surface area (Å²) in [6, 6.07) is 0. The number of hydrogen-bond acceptors (Lipinski definition) is 1. The van der Waals surface area contributed by atoms with Crippen molar-refractivity contribution in [2.24, 2.45) is 0 Å². The molecule has 0 fully saturated rings. The van der Waals surface area contributed by atoms with Gasteiger partial charge in [0, 0.05) is 0 Å². The second-order valence-electron chi connectivity index (χ2n) is 2.35. The Balaban J connectivity index is 2.72. The lowest BCUT2D eigenvalue weighted by atomic mass is 9.85. The number of nitrogens with zero attached hydrogens (tertiary/aromatic N) is 1. The van der Waals surface area contributed by atoms with E-state index in [-0.39, 0.29) is 0 Å². The van der Waals surface area contributed by atoms with Crippen molar-refractivity contribution in [3.63, 3.8) is 0 Å². The summed E-state index contributed by atoms with van der Waals surface area (Å²) < 4.78 is 0. The molecule has 8 heavy (non-hydrogen) atoms. The highest BCUT2D eigenvalue weighted by molar-refractivity contribution is 6.31. The van der Waals surface area contributed by atoms with E-state index >= 15 is 0 Å². The SMILES string of the molecule is C[CH]CCBN(C)C. The summed E-state index contributed by atoms with van der Waals surface area (Å²) in [6.07, 6.45) is 4.76. The third-order valence-corrected chi connectivity index (χ3v) is 1.10. The fourth-order valence-electron chi connectivity index (χ4n) is 0.612. The molecule has 1 radical (unpaired) electrons. The molecular weight excluding hydrogens is 96.9 g/mol. The Labute approximate surface area is 53.3 Å². The minimum atomic E-state index is 1.21. The third kappa shape index (κ3) is 6.02. The van der Waals surface area contributed by atoms with E-state index in [2.05, 4.69) is 32.3 Å². The van der Waals surface area contributed by atoms with Gasteiger partial charge in [-0.15, -0.1) is 0 Å². The van der Waals surface area contributed by atoms with Crippen LogP contribution in [0.4, 0.5) is 0 Å². The van der Waals surface area contributed by atoms with Crippen LogP contribution in [-0.4, -0.2) is 26.3 Å². The number of unbranched alkanes of at least 4 members (excludes halogenated alkanes) is 1. The molecule has 0 saturated carbocycles. The van der Waals surface area contributed by atoms with Gasteiger partial charge in [0.15, 0.2) is 0 Å². The van der Waals surface area contributed by atoms with Gasteiger partial charge in [-0.25, -0.2) is 0 Å². The van der Waals surface area contributed by atoms with E-state index in [1.165, 1.54) is 20.2 Å². The first-order valence-electron chi connectivity index (χ1n) is 3.20. The van der Waals surface area contributed by atoms with Crippen molar-refractivity contribution in [3.05, 3.63) is 6.42 Å². The summed E-state index contributed by atoms with van der Waals surface area (Å²) in [6.45, 7) is 2.11. The summed E-state index contributed by atoms with van der Waals surface area (Å²) in [5, 5.41) is 0. The Morgan fingerprint density at radius 3 is 2.50 bits per heavy atom. The first-order chi connectivity index (χ1) is 3.77. The fourth-order valence-corrected chi connectivity index (χ4v) is 0.612. The van der Waals surface area contributed by atoms with Crippen LogP contribution >= 0.6 is 0 Å². The Hall–Kier alpha value is 0.0249. The zero-order valence-electron chi connectivity index (χ0n) is 6.15. The summed E-state index contributed by atoms with van der Waals surface area (Å²) in [5.41, 5.74) is 0. The van der Waals surface area contributed by atoms with Crippen LogP contribution in [-0.2, 0) is 0 Å². The second kappa shape index (κ2) is 5.17. The first-order valence-corrected chi connectivity index (χ1v) is 3.20. The van der Waals surface area contributed by atoms with E-state index in [1.54, 1.807) is 0 Å². The average molecular weight is 112 g/mol. The highest BCUT2D eigenvalue weighted by Crippen LogP contribution is 1.91. The number of hydrogen-bond donors (Lipinski definition) is 0. The third-order valence-electron chi connectivity index (χ3n) is 1.10. The summed E-state index contributed by atoms with van der Waals surface area (Å²) in [4.78, 5) is 2.21. The molecule has 0 aliphatic rings. The van der Waals surface area contributed by atoms with Crippen molar-refractivity contribution in [3.8, 4) is 0 Å². The number of rotatable bonds is 4. The molecule has 1 nitrogen and oxygen atoms in total. The van der Waals surface area contributed by atoms with Crippen molar-refractivity contribution in [1.29, 1.82) is 0 Å². The molecule has 0 aliphatic carbocycles. The van der Waals surface area contributed by atoms with Crippen LogP contribution in [0.3, 0.4) is 0 Å². The van der Waals surface area contributed by atoms with Crippen molar-refractivity contribution < 1.29 is 0 Å². The quantitative estimate of drug-likeness (QED) is 0.386. The molecule has 0 aromatic rings. The normalized spacial score (nSPS) is 10.0. The Kier molecular flexibility index (Phi) is 5.18. The maximum Gasteiger partial charge on any atom is 0.203 e. The van der Waals surface area contributed by atoms with E-state index in [9.17, 15) is 0 Å². The smallest absolute Gasteiger partial charge is 0.203 e. The molecule has 0 saturated heterocycles. The lowest BCUT2D eigenvalue weighted by molar-refractivity contribution is 0.656. The maximum absolute atomic E-state index is 2.21. The molecular formula is C6H15BN. The molecule has 0 N–H and O–H groups in total. The highest BCUT2D eigenvalue weighted by Gasteiger charge is 1.90. The predicted molar refractivity (Wildman–Crippen MR) is 40.2 cm³/mol. The van der Waals surface area contributed by atoms with Crippen molar-refractivity contribution in [2.45, 2.75) is 19.7 Å². The van der Waals surface area contributed by atoms with Crippen molar-refractivity contribution in [2.75, 3.05) is 14.1 Å². The van der Waals surface area contributed by atoms with Crippen molar-refractivity contribution in [1.82, 2.24) is 4.81 Å². The monoisotopic (exact) mass is 112 g/mol. The second-order valence-corrected chi connectivity index (χ2v) is 2.35. The highest BCUT2D eigenvalue weighted by atomic mass is 15.0. The minimum absolute atomic E-state index is 1.21. The van der Waals surface area contributed by atoms with Crippen LogP contribution < -0.4 is 0 Å². The van der Waals surface area contributed by atoms with Gasteiger partial charge in [0.2, 0.25) is 7.41 Å². The average Bonchev–Trinajstić information content (AvgIpc) is 1.66. The lowest BCUT2D eigenvalue weighted by Gasteiger charge is -2.04. The first kappa shape index (κ1) is 8.02. The molecule has 0 heterocycles. The van der Waals surface area contributed by atoms with E-state index in [0.29, 0.717) is 0 Å². The van der Waals surface area contributed by atoms with E-state index in [1.807, 2.05) is 0 Å². The molecule has 47 valence electrons. The summed E-state index contributed by atoms with van der Waals surface area (Å²) in [5.74, 6) is 0. The Morgan fingerprint density at radius 2 is 2.12 bits per heavy atom. The molecule has 0 rings (SSSR count). The zero-order valence-corrected chi connectivity index (χ0v) is 6.15. The van der Waals surface area contributed by atoms with E-state index in [0.717, 1.165) is 0 Å². The minimum Gasteiger partial charge on any atom is -0.350 e. The summed E-state index contributed by atoms with van der Waals surface area (Å²) in [7, 11) is 5.43. The van der Waals surface area contributed by atoms with Crippen LogP contribution in [0.15, 0.2) is 0 Å². The molecule has 0 aliphatic heterocycles. The fraction of sp³-hybridized carbons (Fsp3) is 0.833. The Morgan fingerprint density at radius 1 is 1.50 bits per heavy atom. The van der Waals surface area contributed by atoms with Gasteiger partial charge >= 0.3 is 0 Å². The molecule has 0 amide bonds. The maximum atomic E-state index is 2.21. The lowest BCUT2D eigenvalue weighted by Crippen LogP contribution is -2.16. The van der Waals surface area contributed by atoms with Gasteiger partial charge in [-0.05, 0) is 20.5 Å². The van der Waals surface area contributed by atoms with E-state index in [4.69, 9.17) is 0 Å². The molecule has 0 aromatic carbocycles. The molecule has 0 atom stereocenters. The predicted octanol–water partition coefficient (Wildman–Crippen LogP) is 0.932. The van der Waals surface area contributed by atoms with Gasteiger partial charge in [0.1, 0.15) is 0 Å². The van der Waals surface area contributed by atoms with Gasteiger partial charge < -0.3 is 4.81 Å². The molecule has 0 unspecified atom stereocenters. The zero-order chi connectivity index (χ0) is 6.41. The molecule has 2 heteroatoms.